The van der Waals surface area contributed by atoms with Crippen LogP contribution in [0.2, 0.25) is 0 Å². The van der Waals surface area contributed by atoms with E-state index in [-0.39, 0.29) is 19.1 Å². The van der Waals surface area contributed by atoms with E-state index >= 15 is 0 Å². The molecule has 9 nitrogen and oxygen atoms in total. The van der Waals surface area contributed by atoms with Gasteiger partial charge in [-0.15, -0.1) is 0 Å². The van der Waals surface area contributed by atoms with Crippen LogP contribution in [0.25, 0.3) is 0 Å². The topological polar surface area (TPSA) is 101 Å². The fourth-order valence-corrected chi connectivity index (χ4v) is 3.14. The summed E-state index contributed by atoms with van der Waals surface area (Å²) in [7, 11) is 5.36. The molecule has 3 aromatic carbocycles. The van der Waals surface area contributed by atoms with Gasteiger partial charge in [-0.1, -0.05) is 24.3 Å². The summed E-state index contributed by atoms with van der Waals surface area (Å²) in [5, 5.41) is 6.78. The van der Waals surface area contributed by atoms with Gasteiger partial charge in [0.25, 0.3) is 11.8 Å². The predicted octanol–water partition coefficient (Wildman–Crippen LogP) is 3.62. The van der Waals surface area contributed by atoms with Gasteiger partial charge < -0.3 is 24.4 Å². The Morgan fingerprint density at radius 2 is 1.69 bits per heavy atom. The summed E-state index contributed by atoms with van der Waals surface area (Å²) in [5.41, 5.74) is 5.77. The molecule has 3 aromatic rings. The average molecular weight is 491 g/mol. The second kappa shape index (κ2) is 12.8. The number of aryl methyl sites for hydroxylation is 1. The maximum Gasteiger partial charge on any atom is 0.277 e. The van der Waals surface area contributed by atoms with Crippen LogP contribution < -0.4 is 29.9 Å². The summed E-state index contributed by atoms with van der Waals surface area (Å²) in [4.78, 5) is 26.3. The van der Waals surface area contributed by atoms with Crippen LogP contribution in [0.1, 0.15) is 11.1 Å². The van der Waals surface area contributed by atoms with Crippen molar-refractivity contribution >= 4 is 29.4 Å². The van der Waals surface area contributed by atoms with Crippen molar-refractivity contribution in [1.29, 1.82) is 0 Å². The Morgan fingerprint density at radius 3 is 2.44 bits per heavy atom. The summed E-state index contributed by atoms with van der Waals surface area (Å²) < 4.78 is 16.5. The van der Waals surface area contributed by atoms with Gasteiger partial charge in [0.2, 0.25) is 0 Å². The highest BCUT2D eigenvalue weighted by Crippen LogP contribution is 2.27. The number of rotatable bonds is 11. The van der Waals surface area contributed by atoms with Crippen LogP contribution in [0.4, 0.5) is 11.4 Å². The van der Waals surface area contributed by atoms with Crippen molar-refractivity contribution in [3.8, 4) is 17.2 Å². The van der Waals surface area contributed by atoms with E-state index in [4.69, 9.17) is 14.2 Å². The Bertz CT molecular complexity index is 1230. The van der Waals surface area contributed by atoms with Gasteiger partial charge in [-0.2, -0.15) is 5.10 Å². The lowest BCUT2D eigenvalue weighted by atomic mass is 10.2. The molecule has 188 valence electrons. The van der Waals surface area contributed by atoms with Gasteiger partial charge in [-0.3, -0.25) is 9.59 Å². The first-order valence-electron chi connectivity index (χ1n) is 11.2. The molecule has 3 rings (SSSR count). The normalized spacial score (nSPS) is 10.6. The molecule has 0 atom stereocenters. The fraction of sp³-hybridized carbons (Fsp3) is 0.222. The Morgan fingerprint density at radius 1 is 0.917 bits per heavy atom. The molecule has 0 aromatic heterocycles. The van der Waals surface area contributed by atoms with Crippen LogP contribution in [0, 0.1) is 6.92 Å². The third kappa shape index (κ3) is 7.76. The Labute approximate surface area is 210 Å². The molecule has 0 aliphatic rings. The zero-order valence-corrected chi connectivity index (χ0v) is 20.8. The largest absolute Gasteiger partial charge is 0.493 e. The van der Waals surface area contributed by atoms with Gasteiger partial charge >= 0.3 is 0 Å². The molecule has 2 amide bonds. The lowest BCUT2D eigenvalue weighted by Gasteiger charge is -2.13. The molecule has 0 saturated carbocycles. The smallest absolute Gasteiger partial charge is 0.277 e. The Balaban J connectivity index is 1.49. The summed E-state index contributed by atoms with van der Waals surface area (Å²) >= 11 is 0. The van der Waals surface area contributed by atoms with E-state index in [1.165, 1.54) is 13.3 Å². The number of carbonyl (C=O) groups excluding carboxylic acids is 2. The second-order valence-corrected chi connectivity index (χ2v) is 8.04. The number of nitrogens with one attached hydrogen (secondary N) is 2. The minimum absolute atomic E-state index is 0.172. The number of amides is 2. The van der Waals surface area contributed by atoms with E-state index < -0.39 is 5.91 Å². The van der Waals surface area contributed by atoms with E-state index in [0.29, 0.717) is 22.8 Å². The Kier molecular flexibility index (Phi) is 9.27. The zero-order valence-electron chi connectivity index (χ0n) is 20.8. The number of methoxy groups -OCH3 is 1. The highest BCUT2D eigenvalue weighted by Gasteiger charge is 2.10. The number of carbonyl (C=O) groups is 2. The highest BCUT2D eigenvalue weighted by atomic mass is 16.5. The number of hydrogen-bond acceptors (Lipinski definition) is 7. The Hall–Kier alpha value is -4.53. The molecule has 36 heavy (non-hydrogen) atoms. The van der Waals surface area contributed by atoms with Crippen molar-refractivity contribution in [2.24, 2.45) is 5.10 Å². The van der Waals surface area contributed by atoms with Crippen molar-refractivity contribution < 1.29 is 23.8 Å². The van der Waals surface area contributed by atoms with E-state index in [2.05, 4.69) is 15.8 Å². The van der Waals surface area contributed by atoms with E-state index in [1.54, 1.807) is 24.3 Å². The average Bonchev–Trinajstić information content (AvgIpc) is 2.88. The first-order chi connectivity index (χ1) is 17.4. The van der Waals surface area contributed by atoms with Crippen LogP contribution in [-0.2, 0) is 9.59 Å². The summed E-state index contributed by atoms with van der Waals surface area (Å²) in [6, 6.07) is 20.0. The monoisotopic (exact) mass is 490 g/mol. The minimum atomic E-state index is -0.395. The van der Waals surface area contributed by atoms with Crippen LogP contribution >= 0.6 is 0 Å². The zero-order chi connectivity index (χ0) is 25.9. The maximum absolute atomic E-state index is 12.2. The van der Waals surface area contributed by atoms with Crippen LogP contribution in [0.3, 0.4) is 0 Å². The summed E-state index contributed by atoms with van der Waals surface area (Å²) in [6.07, 6.45) is 1.47. The van der Waals surface area contributed by atoms with E-state index in [9.17, 15) is 9.59 Å². The molecule has 0 unspecified atom stereocenters. The predicted molar refractivity (Wildman–Crippen MR) is 140 cm³/mol. The number of para-hydroxylation sites is 1. The van der Waals surface area contributed by atoms with Gasteiger partial charge in [0.05, 0.1) is 13.3 Å². The van der Waals surface area contributed by atoms with Gasteiger partial charge in [-0.05, 0) is 54.4 Å². The first-order valence-corrected chi connectivity index (χ1v) is 11.2. The van der Waals surface area contributed by atoms with Crippen LogP contribution in [-0.4, -0.2) is 52.4 Å². The maximum atomic E-state index is 12.2. The lowest BCUT2D eigenvalue weighted by Crippen LogP contribution is -2.24. The molecule has 0 saturated heterocycles. The molecule has 0 aliphatic heterocycles. The highest BCUT2D eigenvalue weighted by molar-refractivity contribution is 5.92. The minimum Gasteiger partial charge on any atom is -0.493 e. The van der Waals surface area contributed by atoms with Crippen molar-refractivity contribution in [2.45, 2.75) is 6.92 Å². The lowest BCUT2D eigenvalue weighted by molar-refractivity contribution is -0.123. The second-order valence-electron chi connectivity index (χ2n) is 8.04. The molecular weight excluding hydrogens is 460 g/mol. The number of hydrogen-bond donors (Lipinski definition) is 2. The van der Waals surface area contributed by atoms with Crippen LogP contribution in [0.15, 0.2) is 71.8 Å². The number of anilines is 2. The summed E-state index contributed by atoms with van der Waals surface area (Å²) in [5.74, 6) is 0.752. The summed E-state index contributed by atoms with van der Waals surface area (Å²) in [6.45, 7) is 1.57. The van der Waals surface area contributed by atoms with Gasteiger partial charge in [0.1, 0.15) is 5.75 Å². The van der Waals surface area contributed by atoms with Crippen molar-refractivity contribution in [3.63, 3.8) is 0 Å². The van der Waals surface area contributed by atoms with Gasteiger partial charge in [-0.25, -0.2) is 5.43 Å². The van der Waals surface area contributed by atoms with E-state index in [0.717, 1.165) is 16.9 Å². The molecule has 9 heteroatoms. The quantitative estimate of drug-likeness (QED) is 0.315. The van der Waals surface area contributed by atoms with E-state index in [1.807, 2.05) is 68.4 Å². The first kappa shape index (κ1) is 26.1. The third-order valence-corrected chi connectivity index (χ3v) is 5.07. The van der Waals surface area contributed by atoms with Crippen LogP contribution in [0.5, 0.6) is 17.2 Å². The SMILES string of the molecule is COc1cc(/C=N/NC(=O)COc2cccc(N(C)C)c2)ccc1OCC(=O)Nc1ccccc1C. The molecule has 0 fully saturated rings. The van der Waals surface area contributed by atoms with Crippen molar-refractivity contribution in [1.82, 2.24) is 5.43 Å². The third-order valence-electron chi connectivity index (χ3n) is 5.07. The molecule has 0 aliphatic carbocycles. The number of benzene rings is 3. The molecule has 0 spiro atoms. The standard InChI is InChI=1S/C27H30N4O5/c1-19-8-5-6-11-23(19)29-26(32)17-36-24-13-12-20(14-25(24)34-4)16-28-30-27(33)18-35-22-10-7-9-21(15-22)31(2)3/h5-16H,17-18H2,1-4H3,(H,29,32)(H,30,33)/b28-16+. The van der Waals surface area contributed by atoms with Crippen molar-refractivity contribution in [2.75, 3.05) is 44.6 Å². The molecule has 2 N–H and O–H groups in total. The number of hydrazone groups is 1. The molecular formula is C27H30N4O5. The molecule has 0 radical (unpaired) electrons. The number of ether oxygens (including phenoxy) is 3. The fourth-order valence-electron chi connectivity index (χ4n) is 3.14. The molecule has 0 bridgehead atoms. The van der Waals surface area contributed by atoms with Crippen molar-refractivity contribution in [3.05, 3.63) is 77.9 Å². The van der Waals surface area contributed by atoms with Gasteiger partial charge in [0, 0.05) is 31.5 Å². The number of nitrogens with zero attached hydrogens (tertiary/aromatic N) is 2. The molecule has 0 heterocycles. The van der Waals surface area contributed by atoms with Gasteiger partial charge in [0.15, 0.2) is 24.7 Å².